The van der Waals surface area contributed by atoms with Crippen LogP contribution in [0.25, 0.3) is 0 Å². The Morgan fingerprint density at radius 2 is 2.00 bits per heavy atom. The van der Waals surface area contributed by atoms with E-state index in [0.29, 0.717) is 6.54 Å². The van der Waals surface area contributed by atoms with Crippen LogP contribution in [0.3, 0.4) is 0 Å². The van der Waals surface area contributed by atoms with Gasteiger partial charge in [-0.3, -0.25) is 0 Å². The standard InChI is InChI=1S/C14H22ClN3O2S/c1-14(6-8-18(2)9-7-14)10-17-21(19,20)13-11(15)4-3-5-12(13)16/h3-5,17H,6-10,16H2,1-2H3. The number of rotatable bonds is 4. The van der Waals surface area contributed by atoms with E-state index in [1.807, 2.05) is 0 Å². The smallest absolute Gasteiger partial charge is 0.244 e. The van der Waals surface area contributed by atoms with Gasteiger partial charge >= 0.3 is 0 Å². The molecule has 0 saturated carbocycles. The van der Waals surface area contributed by atoms with E-state index >= 15 is 0 Å². The Bertz CT molecular complexity index is 590. The highest BCUT2D eigenvalue weighted by atomic mass is 35.5. The van der Waals surface area contributed by atoms with E-state index < -0.39 is 10.0 Å². The molecule has 0 aliphatic carbocycles. The Hall–Kier alpha value is -0.820. The van der Waals surface area contributed by atoms with Gasteiger partial charge in [0, 0.05) is 6.54 Å². The zero-order chi connectivity index (χ0) is 15.7. The molecule has 5 nitrogen and oxygen atoms in total. The maximum absolute atomic E-state index is 12.4. The van der Waals surface area contributed by atoms with E-state index in [2.05, 4.69) is 23.6 Å². The minimum absolute atomic E-state index is 0.0248. The first-order valence-electron chi connectivity index (χ1n) is 6.96. The van der Waals surface area contributed by atoms with Crippen molar-refractivity contribution in [3.8, 4) is 0 Å². The Labute approximate surface area is 131 Å². The lowest BCUT2D eigenvalue weighted by molar-refractivity contribution is 0.143. The van der Waals surface area contributed by atoms with Gasteiger partial charge < -0.3 is 10.6 Å². The molecule has 1 aliphatic heterocycles. The molecule has 3 N–H and O–H groups in total. The molecule has 0 spiro atoms. The number of nitrogens with two attached hydrogens (primary N) is 1. The molecule has 118 valence electrons. The number of nitrogens with one attached hydrogen (secondary N) is 1. The monoisotopic (exact) mass is 331 g/mol. The summed E-state index contributed by atoms with van der Waals surface area (Å²) in [6, 6.07) is 4.70. The lowest BCUT2D eigenvalue weighted by Crippen LogP contribution is -2.43. The number of benzene rings is 1. The number of piperidine rings is 1. The van der Waals surface area contributed by atoms with Crippen molar-refractivity contribution in [1.82, 2.24) is 9.62 Å². The molecule has 1 heterocycles. The number of hydrogen-bond donors (Lipinski definition) is 2. The first-order chi connectivity index (χ1) is 9.73. The third kappa shape index (κ3) is 3.88. The Balaban J connectivity index is 2.12. The normalized spacial score (nSPS) is 19.6. The Morgan fingerprint density at radius 3 is 2.57 bits per heavy atom. The topological polar surface area (TPSA) is 75.4 Å². The number of nitrogens with zero attached hydrogens (tertiary/aromatic N) is 1. The van der Waals surface area contributed by atoms with Crippen molar-refractivity contribution in [3.05, 3.63) is 23.2 Å². The van der Waals surface area contributed by atoms with Gasteiger partial charge in [0.25, 0.3) is 0 Å². The number of sulfonamides is 1. The summed E-state index contributed by atoms with van der Waals surface area (Å²) in [5.74, 6) is 0. The molecule has 0 amide bonds. The zero-order valence-electron chi connectivity index (χ0n) is 12.4. The van der Waals surface area contributed by atoms with E-state index in [4.69, 9.17) is 17.3 Å². The van der Waals surface area contributed by atoms with Crippen molar-refractivity contribution >= 4 is 27.3 Å². The van der Waals surface area contributed by atoms with Crippen molar-refractivity contribution in [2.75, 3.05) is 32.4 Å². The second-order valence-electron chi connectivity index (χ2n) is 6.10. The van der Waals surface area contributed by atoms with E-state index in [9.17, 15) is 8.42 Å². The minimum atomic E-state index is -3.69. The van der Waals surface area contributed by atoms with Gasteiger partial charge in [-0.1, -0.05) is 24.6 Å². The molecular weight excluding hydrogens is 310 g/mol. The summed E-state index contributed by atoms with van der Waals surface area (Å²) in [7, 11) is -1.62. The van der Waals surface area contributed by atoms with Gasteiger partial charge in [0.2, 0.25) is 10.0 Å². The molecule has 0 unspecified atom stereocenters. The quantitative estimate of drug-likeness (QED) is 0.827. The molecule has 1 fully saturated rings. The Morgan fingerprint density at radius 1 is 1.38 bits per heavy atom. The van der Waals surface area contributed by atoms with Crippen molar-refractivity contribution < 1.29 is 8.42 Å². The highest BCUT2D eigenvalue weighted by Gasteiger charge is 2.31. The fourth-order valence-electron chi connectivity index (χ4n) is 2.49. The third-order valence-corrected chi connectivity index (χ3v) is 6.09. The number of halogens is 1. The van der Waals surface area contributed by atoms with Gasteiger partial charge in [-0.15, -0.1) is 0 Å². The molecule has 21 heavy (non-hydrogen) atoms. The molecule has 0 atom stereocenters. The van der Waals surface area contributed by atoms with Crippen LogP contribution in [0.15, 0.2) is 23.1 Å². The fraction of sp³-hybridized carbons (Fsp3) is 0.571. The minimum Gasteiger partial charge on any atom is -0.398 e. The summed E-state index contributed by atoms with van der Waals surface area (Å²) < 4.78 is 27.5. The maximum atomic E-state index is 12.4. The van der Waals surface area contributed by atoms with E-state index in [1.54, 1.807) is 6.07 Å². The first-order valence-corrected chi connectivity index (χ1v) is 8.82. The van der Waals surface area contributed by atoms with Gasteiger partial charge in [0.15, 0.2) is 0 Å². The van der Waals surface area contributed by atoms with Gasteiger partial charge in [0.1, 0.15) is 4.90 Å². The lowest BCUT2D eigenvalue weighted by atomic mass is 9.81. The summed E-state index contributed by atoms with van der Waals surface area (Å²) in [5.41, 5.74) is 5.89. The summed E-state index contributed by atoms with van der Waals surface area (Å²) in [4.78, 5) is 2.23. The van der Waals surface area contributed by atoms with E-state index in [-0.39, 0.29) is 21.0 Å². The number of anilines is 1. The van der Waals surface area contributed by atoms with E-state index in [1.165, 1.54) is 12.1 Å². The second kappa shape index (κ2) is 6.12. The lowest BCUT2D eigenvalue weighted by Gasteiger charge is -2.37. The predicted molar refractivity (Wildman–Crippen MR) is 85.9 cm³/mol. The summed E-state index contributed by atoms with van der Waals surface area (Å²) in [6.07, 6.45) is 1.92. The number of likely N-dealkylation sites (tertiary alicyclic amines) is 1. The Kier molecular flexibility index (Phi) is 4.82. The van der Waals surface area contributed by atoms with Gasteiger partial charge in [-0.05, 0) is 50.5 Å². The van der Waals surface area contributed by atoms with Crippen LogP contribution >= 0.6 is 11.6 Å². The molecule has 2 rings (SSSR count). The highest BCUT2D eigenvalue weighted by molar-refractivity contribution is 7.89. The molecule has 1 aliphatic rings. The molecule has 7 heteroatoms. The van der Waals surface area contributed by atoms with Crippen LogP contribution in [-0.4, -0.2) is 40.0 Å². The van der Waals surface area contributed by atoms with Crippen LogP contribution in [0.5, 0.6) is 0 Å². The van der Waals surface area contributed by atoms with Crippen LogP contribution in [-0.2, 0) is 10.0 Å². The zero-order valence-corrected chi connectivity index (χ0v) is 14.0. The van der Waals surface area contributed by atoms with Crippen LogP contribution in [0.2, 0.25) is 5.02 Å². The van der Waals surface area contributed by atoms with Crippen molar-refractivity contribution in [3.63, 3.8) is 0 Å². The average Bonchev–Trinajstić information content (AvgIpc) is 2.40. The average molecular weight is 332 g/mol. The van der Waals surface area contributed by atoms with Gasteiger partial charge in [0.05, 0.1) is 10.7 Å². The van der Waals surface area contributed by atoms with Crippen LogP contribution in [0, 0.1) is 5.41 Å². The van der Waals surface area contributed by atoms with Crippen molar-refractivity contribution in [2.24, 2.45) is 5.41 Å². The van der Waals surface area contributed by atoms with Crippen molar-refractivity contribution in [2.45, 2.75) is 24.7 Å². The van der Waals surface area contributed by atoms with Gasteiger partial charge in [-0.2, -0.15) is 0 Å². The maximum Gasteiger partial charge on any atom is 0.244 e. The summed E-state index contributed by atoms with van der Waals surface area (Å²) >= 11 is 5.98. The highest BCUT2D eigenvalue weighted by Crippen LogP contribution is 2.31. The molecule has 0 bridgehead atoms. The van der Waals surface area contributed by atoms with Gasteiger partial charge in [-0.25, -0.2) is 13.1 Å². The number of nitrogen functional groups attached to an aromatic ring is 1. The summed E-state index contributed by atoms with van der Waals surface area (Å²) in [6.45, 7) is 4.46. The van der Waals surface area contributed by atoms with Crippen LogP contribution < -0.4 is 10.5 Å². The summed E-state index contributed by atoms with van der Waals surface area (Å²) in [5, 5.41) is 0.149. The molecule has 1 aromatic rings. The first kappa shape index (κ1) is 16.5. The molecule has 0 aromatic heterocycles. The second-order valence-corrected chi connectivity index (χ2v) is 8.21. The molecule has 1 saturated heterocycles. The van der Waals surface area contributed by atoms with E-state index in [0.717, 1.165) is 25.9 Å². The third-order valence-electron chi connectivity index (χ3n) is 4.15. The fourth-order valence-corrected chi connectivity index (χ4v) is 4.36. The SMILES string of the molecule is CN1CCC(C)(CNS(=O)(=O)c2c(N)cccc2Cl)CC1. The number of hydrogen-bond acceptors (Lipinski definition) is 4. The van der Waals surface area contributed by atoms with Crippen LogP contribution in [0.1, 0.15) is 19.8 Å². The molecule has 1 aromatic carbocycles. The largest absolute Gasteiger partial charge is 0.398 e. The molecule has 0 radical (unpaired) electrons. The van der Waals surface area contributed by atoms with Crippen LogP contribution in [0.4, 0.5) is 5.69 Å². The van der Waals surface area contributed by atoms with Crippen molar-refractivity contribution in [1.29, 1.82) is 0 Å². The molecular formula is C14H22ClN3O2S. The predicted octanol–water partition coefficient (Wildman–Crippen LogP) is 1.93.